The quantitative estimate of drug-likeness (QED) is 0.186. The van der Waals surface area contributed by atoms with Crippen molar-refractivity contribution in [3.05, 3.63) is 36.0 Å². The predicted molar refractivity (Wildman–Crippen MR) is 126 cm³/mol. The lowest BCUT2D eigenvalue weighted by molar-refractivity contribution is 0.122. The highest BCUT2D eigenvalue weighted by Crippen LogP contribution is 2.50. The molecule has 0 heteroatoms. The Bertz CT molecular complexity index is 433. The van der Waals surface area contributed by atoms with E-state index in [1.807, 2.05) is 0 Å². The van der Waals surface area contributed by atoms with E-state index < -0.39 is 0 Å². The summed E-state index contributed by atoms with van der Waals surface area (Å²) in [5.41, 5.74) is 3.56. The molecule has 0 rings (SSSR count). The minimum absolute atomic E-state index is 0.360. The fourth-order valence-electron chi connectivity index (χ4n) is 4.80. The van der Waals surface area contributed by atoms with Crippen LogP contribution in [0.1, 0.15) is 119 Å². The Kier molecular flexibility index (Phi) is 14.7. The summed E-state index contributed by atoms with van der Waals surface area (Å²) in [6.45, 7) is 20.6. The number of rotatable bonds is 16. The Hall–Kier alpha value is -0.780. The van der Waals surface area contributed by atoms with Gasteiger partial charge in [0.05, 0.1) is 0 Å². The molecule has 0 nitrogen and oxygen atoms in total. The Morgan fingerprint density at radius 1 is 0.889 bits per heavy atom. The van der Waals surface area contributed by atoms with E-state index in [4.69, 9.17) is 0 Å². The normalized spacial score (nSPS) is 15.1. The Balaban J connectivity index is 5.27. The molecule has 0 spiro atoms. The number of unbranched alkanes of at least 4 members (excludes halogenated alkanes) is 5. The van der Waals surface area contributed by atoms with Crippen LogP contribution in [0.15, 0.2) is 36.0 Å². The summed E-state index contributed by atoms with van der Waals surface area (Å²) < 4.78 is 0. The molecule has 0 aromatic heterocycles. The smallest absolute Gasteiger partial charge is 0.00548 e. The molecule has 0 amide bonds. The first-order valence-corrected chi connectivity index (χ1v) is 11.8. The monoisotopic (exact) mass is 374 g/mol. The van der Waals surface area contributed by atoms with Crippen molar-refractivity contribution in [1.29, 1.82) is 0 Å². The van der Waals surface area contributed by atoms with Crippen molar-refractivity contribution in [2.75, 3.05) is 0 Å². The lowest BCUT2D eigenvalue weighted by Crippen LogP contribution is -2.36. The van der Waals surface area contributed by atoms with Gasteiger partial charge in [0.15, 0.2) is 0 Å². The van der Waals surface area contributed by atoms with Crippen molar-refractivity contribution >= 4 is 0 Å². The molecule has 27 heavy (non-hydrogen) atoms. The van der Waals surface area contributed by atoms with E-state index in [2.05, 4.69) is 73.3 Å². The molecule has 0 aliphatic heterocycles. The Labute approximate surface area is 172 Å². The van der Waals surface area contributed by atoms with E-state index in [1.165, 1.54) is 69.8 Å². The molecular weight excluding hydrogens is 324 g/mol. The molecular formula is C27H50. The van der Waals surface area contributed by atoms with Crippen molar-refractivity contribution in [3.63, 3.8) is 0 Å². The molecule has 0 radical (unpaired) electrons. The van der Waals surface area contributed by atoms with Crippen LogP contribution in [-0.2, 0) is 0 Å². The minimum Gasteiger partial charge on any atom is -0.103 e. The van der Waals surface area contributed by atoms with Gasteiger partial charge in [-0.05, 0) is 76.5 Å². The first kappa shape index (κ1) is 26.2. The topological polar surface area (TPSA) is 0 Å². The van der Waals surface area contributed by atoms with Crippen LogP contribution >= 0.6 is 0 Å². The summed E-state index contributed by atoms with van der Waals surface area (Å²) in [5, 5.41) is 0. The van der Waals surface area contributed by atoms with Crippen molar-refractivity contribution in [2.45, 2.75) is 119 Å². The highest BCUT2D eigenvalue weighted by Gasteiger charge is 2.40. The highest BCUT2D eigenvalue weighted by molar-refractivity contribution is 5.20. The molecule has 0 bridgehead atoms. The van der Waals surface area contributed by atoms with Gasteiger partial charge in [-0.15, -0.1) is 6.58 Å². The van der Waals surface area contributed by atoms with Crippen molar-refractivity contribution in [3.8, 4) is 0 Å². The van der Waals surface area contributed by atoms with E-state index in [0.29, 0.717) is 17.3 Å². The molecule has 2 atom stereocenters. The van der Waals surface area contributed by atoms with Crippen LogP contribution in [-0.4, -0.2) is 0 Å². The summed E-state index contributed by atoms with van der Waals surface area (Å²) in [6, 6.07) is 0. The summed E-state index contributed by atoms with van der Waals surface area (Å²) in [6.07, 6.45) is 21.2. The third-order valence-electron chi connectivity index (χ3n) is 6.55. The fraction of sp³-hybridized carbons (Fsp3) is 0.778. The van der Waals surface area contributed by atoms with Crippen LogP contribution in [0.3, 0.4) is 0 Å². The van der Waals surface area contributed by atoms with Crippen LogP contribution in [0, 0.1) is 17.3 Å². The van der Waals surface area contributed by atoms with Gasteiger partial charge >= 0.3 is 0 Å². The summed E-state index contributed by atoms with van der Waals surface area (Å²) >= 11 is 0. The molecule has 0 saturated carbocycles. The maximum atomic E-state index is 4.10. The molecule has 0 fully saturated rings. The second kappa shape index (κ2) is 15.2. The minimum atomic E-state index is 0.360. The first-order chi connectivity index (χ1) is 12.9. The largest absolute Gasteiger partial charge is 0.103 e. The summed E-state index contributed by atoms with van der Waals surface area (Å²) in [7, 11) is 0. The van der Waals surface area contributed by atoms with Gasteiger partial charge in [0.25, 0.3) is 0 Å². The molecule has 2 unspecified atom stereocenters. The average Bonchev–Trinajstić information content (AvgIpc) is 2.64. The first-order valence-electron chi connectivity index (χ1n) is 11.8. The third-order valence-corrected chi connectivity index (χ3v) is 6.55. The number of hydrogen-bond acceptors (Lipinski definition) is 0. The molecule has 0 heterocycles. The second-order valence-corrected chi connectivity index (χ2v) is 9.09. The van der Waals surface area contributed by atoms with Gasteiger partial charge in [-0.25, -0.2) is 0 Å². The summed E-state index contributed by atoms with van der Waals surface area (Å²) in [5.74, 6) is 1.41. The van der Waals surface area contributed by atoms with Gasteiger partial charge in [0.2, 0.25) is 0 Å². The zero-order valence-corrected chi connectivity index (χ0v) is 19.9. The van der Waals surface area contributed by atoms with Crippen LogP contribution in [0.5, 0.6) is 0 Å². The van der Waals surface area contributed by atoms with Gasteiger partial charge in [0, 0.05) is 0 Å². The second-order valence-electron chi connectivity index (χ2n) is 9.09. The van der Waals surface area contributed by atoms with Crippen LogP contribution < -0.4 is 0 Å². The van der Waals surface area contributed by atoms with Crippen molar-refractivity contribution in [2.24, 2.45) is 17.3 Å². The van der Waals surface area contributed by atoms with E-state index >= 15 is 0 Å². The van der Waals surface area contributed by atoms with Gasteiger partial charge in [-0.1, -0.05) is 89.2 Å². The van der Waals surface area contributed by atoms with Gasteiger partial charge in [-0.2, -0.15) is 0 Å². The standard InChI is InChI=1S/C27H50/c1-9-12-14-15-16-17-18-19-22-27(21-13-10-2,25(8)23(4)5)26(20-11-3)24(6)7/h11-12,14,24,26H,3,9-10,13,15-22H2,1-2,4-8H3. The van der Waals surface area contributed by atoms with E-state index in [-0.39, 0.29) is 0 Å². The fourth-order valence-corrected chi connectivity index (χ4v) is 4.80. The van der Waals surface area contributed by atoms with Gasteiger partial charge in [0.1, 0.15) is 0 Å². The zero-order chi connectivity index (χ0) is 20.7. The number of hydrogen-bond donors (Lipinski definition) is 0. The predicted octanol–water partition coefficient (Wildman–Crippen LogP) is 9.67. The van der Waals surface area contributed by atoms with Crippen LogP contribution in [0.2, 0.25) is 0 Å². The highest BCUT2D eigenvalue weighted by atomic mass is 14.4. The maximum Gasteiger partial charge on any atom is -0.00548 e. The molecule has 0 aromatic carbocycles. The molecule has 0 saturated heterocycles. The SMILES string of the molecule is C=CCC(C(C)C)C(CCCC)(CCCCCCC=CCC)C(C)=C(C)C. The van der Waals surface area contributed by atoms with Crippen molar-refractivity contribution in [1.82, 2.24) is 0 Å². The zero-order valence-electron chi connectivity index (χ0n) is 19.9. The van der Waals surface area contributed by atoms with Gasteiger partial charge in [-0.3, -0.25) is 0 Å². The lowest BCUT2D eigenvalue weighted by Gasteiger charge is -2.45. The Morgan fingerprint density at radius 2 is 1.52 bits per heavy atom. The molecule has 0 aliphatic carbocycles. The van der Waals surface area contributed by atoms with E-state index in [0.717, 1.165) is 6.42 Å². The summed E-state index contributed by atoms with van der Waals surface area (Å²) in [4.78, 5) is 0. The van der Waals surface area contributed by atoms with E-state index in [1.54, 1.807) is 5.57 Å². The Morgan fingerprint density at radius 3 is 2.04 bits per heavy atom. The van der Waals surface area contributed by atoms with E-state index in [9.17, 15) is 0 Å². The number of allylic oxidation sites excluding steroid dienone is 5. The van der Waals surface area contributed by atoms with Crippen molar-refractivity contribution < 1.29 is 0 Å². The molecule has 0 aliphatic rings. The molecule has 158 valence electrons. The molecule has 0 aromatic rings. The van der Waals surface area contributed by atoms with Gasteiger partial charge < -0.3 is 0 Å². The van der Waals surface area contributed by atoms with Crippen LogP contribution in [0.4, 0.5) is 0 Å². The molecule has 0 N–H and O–H groups in total. The third kappa shape index (κ3) is 9.31. The maximum absolute atomic E-state index is 4.10. The average molecular weight is 375 g/mol. The van der Waals surface area contributed by atoms with Crippen LogP contribution in [0.25, 0.3) is 0 Å². The lowest BCUT2D eigenvalue weighted by atomic mass is 9.59.